The zero-order chi connectivity index (χ0) is 6.28. The van der Waals surface area contributed by atoms with Gasteiger partial charge in [-0.2, -0.15) is 0 Å². The van der Waals surface area contributed by atoms with E-state index in [2.05, 4.69) is 0 Å². The number of hydrogen-bond donors (Lipinski definition) is 0. The van der Waals surface area contributed by atoms with E-state index in [1.165, 1.54) is 0 Å². The predicted octanol–water partition coefficient (Wildman–Crippen LogP) is -3.45. The molecular weight excluding hydrogens is 257 g/mol. The van der Waals surface area contributed by atoms with Crippen LogP contribution in [0.15, 0.2) is 0 Å². The quantitative estimate of drug-likeness (QED) is 0.420. The summed E-state index contributed by atoms with van der Waals surface area (Å²) in [6.07, 6.45) is -2.33. The first-order valence-electron chi connectivity index (χ1n) is 1.02. The molecule has 0 rings (SSSR count). The number of carboxylic acid groups (broad SMARTS) is 2. The van der Waals surface area contributed by atoms with Crippen molar-refractivity contribution in [2.24, 2.45) is 0 Å². The Balaban J connectivity index is -0.0000000575. The topological polar surface area (TPSA) is 97.3 Å². The van der Waals surface area contributed by atoms with Crippen LogP contribution in [0.3, 0.4) is 0 Å². The Labute approximate surface area is 87.1 Å². The van der Waals surface area contributed by atoms with Gasteiger partial charge in [-0.1, -0.05) is 0 Å². The number of carbonyl (C=O) groups is 1. The first-order valence-corrected chi connectivity index (χ1v) is 1.84. The van der Waals surface area contributed by atoms with E-state index in [0.717, 1.165) is 0 Å². The van der Waals surface area contributed by atoms with Crippen molar-refractivity contribution in [3.05, 3.63) is 0 Å². The van der Waals surface area contributed by atoms with Crippen molar-refractivity contribution in [3.8, 4) is 0 Å². The standard InChI is InChI=1S/CH2O3.Ba.O2Si/c2-1(3)4;;1-3-2/h(H2,2,3,4);;/q;+2;/p-2. The smallest absolute Gasteiger partial charge is 0.652 e. The fourth-order valence-electron chi connectivity index (χ4n) is 0. The maximum absolute atomic E-state index is 8.40. The van der Waals surface area contributed by atoms with E-state index in [4.69, 9.17) is 23.9 Å². The molecule has 8 heavy (non-hydrogen) atoms. The molecule has 0 aromatic heterocycles. The van der Waals surface area contributed by atoms with Gasteiger partial charge in [0.1, 0.15) is 0 Å². The third-order valence-corrected chi connectivity index (χ3v) is 0. The fraction of sp³-hybridized carbons (Fsp3) is 0. The van der Waals surface area contributed by atoms with E-state index in [1.54, 1.807) is 0 Å². The van der Waals surface area contributed by atoms with Crippen LogP contribution in [0.5, 0.6) is 0 Å². The summed E-state index contributed by atoms with van der Waals surface area (Å²) in [6, 6.07) is 0. The van der Waals surface area contributed by atoms with Gasteiger partial charge in [0, 0.05) is 0 Å². The van der Waals surface area contributed by atoms with E-state index >= 15 is 0 Å². The van der Waals surface area contributed by atoms with Gasteiger partial charge in [0.2, 0.25) is 0 Å². The van der Waals surface area contributed by atoms with Crippen molar-refractivity contribution < 1.29 is 23.9 Å². The summed E-state index contributed by atoms with van der Waals surface area (Å²) in [7, 11) is -1.42. The summed E-state index contributed by atoms with van der Waals surface area (Å²) >= 11 is 0. The minimum atomic E-state index is -2.33. The molecule has 0 radical (unpaired) electrons. The van der Waals surface area contributed by atoms with Crippen LogP contribution in [0.4, 0.5) is 4.79 Å². The molecule has 0 atom stereocenters. The number of rotatable bonds is 0. The second-order valence-electron chi connectivity index (χ2n) is 0.333. The molecule has 0 aliphatic heterocycles. The largest absolute Gasteiger partial charge is 2.00 e. The third kappa shape index (κ3) is 492. The van der Waals surface area contributed by atoms with Crippen molar-refractivity contribution in [2.45, 2.75) is 0 Å². The Morgan fingerprint density at radius 1 is 1.25 bits per heavy atom. The van der Waals surface area contributed by atoms with E-state index in [-0.39, 0.29) is 48.9 Å². The summed E-state index contributed by atoms with van der Waals surface area (Å²) in [5.74, 6) is 0. The van der Waals surface area contributed by atoms with Crippen LogP contribution in [-0.4, -0.2) is 64.3 Å². The molecule has 0 fully saturated rings. The van der Waals surface area contributed by atoms with Crippen molar-refractivity contribution in [1.82, 2.24) is 0 Å². The van der Waals surface area contributed by atoms with Gasteiger partial charge in [0.15, 0.2) is 0 Å². The van der Waals surface area contributed by atoms with Crippen molar-refractivity contribution >= 4 is 64.3 Å². The molecule has 0 spiro atoms. The first kappa shape index (κ1) is 15.9. The van der Waals surface area contributed by atoms with E-state index in [9.17, 15) is 0 Å². The van der Waals surface area contributed by atoms with Crippen molar-refractivity contribution in [3.63, 3.8) is 0 Å². The van der Waals surface area contributed by atoms with Gasteiger partial charge in [0.05, 0.1) is 0 Å². The molecule has 7 heteroatoms. The van der Waals surface area contributed by atoms with E-state index in [1.807, 2.05) is 0 Å². The molecule has 40 valence electrons. The van der Waals surface area contributed by atoms with Crippen LogP contribution in [0.1, 0.15) is 0 Å². The molecule has 0 N–H and O–H groups in total. The monoisotopic (exact) mass is 258 g/mol. The van der Waals surface area contributed by atoms with E-state index in [0.29, 0.717) is 0 Å². The minimum absolute atomic E-state index is 0. The number of hydrogen-bond acceptors (Lipinski definition) is 5. The zero-order valence-electron chi connectivity index (χ0n) is 3.75. The zero-order valence-corrected chi connectivity index (χ0v) is 9.19. The first-order chi connectivity index (χ1) is 3.15. The molecule has 0 bridgehead atoms. The molecule has 0 saturated heterocycles. The van der Waals surface area contributed by atoms with Crippen LogP contribution >= 0.6 is 0 Å². The fourth-order valence-corrected chi connectivity index (χ4v) is 0. The average molecular weight is 257 g/mol. The molecule has 0 aromatic rings. The Bertz CT molecular complexity index is 80.4. The summed E-state index contributed by atoms with van der Waals surface area (Å²) in [5, 5.41) is 16.7. The van der Waals surface area contributed by atoms with Crippen molar-refractivity contribution in [2.75, 3.05) is 0 Å². The van der Waals surface area contributed by atoms with Crippen LogP contribution in [0, 0.1) is 0 Å². The van der Waals surface area contributed by atoms with Gasteiger partial charge in [-0.05, 0) is 6.16 Å². The van der Waals surface area contributed by atoms with Crippen LogP contribution in [-0.2, 0) is 8.92 Å². The SMILES string of the molecule is O=C([O-])[O-].O=[Si]=O.[Ba+2]. The van der Waals surface area contributed by atoms with Gasteiger partial charge in [-0.3, -0.25) is 8.92 Å². The normalized spacial score (nSPS) is 4.00. The third-order valence-electron chi connectivity index (χ3n) is 0. The van der Waals surface area contributed by atoms with Crippen LogP contribution < -0.4 is 10.2 Å². The maximum atomic E-state index is 8.40. The minimum Gasteiger partial charge on any atom is -0.652 e. The second kappa shape index (κ2) is 15.6. The molecule has 0 amide bonds. The molecule has 0 aliphatic carbocycles. The molecule has 0 heterocycles. The Kier molecular flexibility index (Phi) is 31.0. The molecular formula is CBaO5Si. The Morgan fingerprint density at radius 2 is 1.25 bits per heavy atom. The van der Waals surface area contributed by atoms with Crippen molar-refractivity contribution in [1.29, 1.82) is 0 Å². The Morgan fingerprint density at radius 3 is 1.25 bits per heavy atom. The van der Waals surface area contributed by atoms with Gasteiger partial charge in [-0.15, -0.1) is 0 Å². The van der Waals surface area contributed by atoms with Crippen LogP contribution in [0.2, 0.25) is 0 Å². The second-order valence-corrected chi connectivity index (χ2v) is 0.500. The summed E-state index contributed by atoms with van der Waals surface area (Å²) in [6.45, 7) is 0. The van der Waals surface area contributed by atoms with Gasteiger partial charge in [-0.25, -0.2) is 0 Å². The summed E-state index contributed by atoms with van der Waals surface area (Å²) in [4.78, 5) is 8.33. The van der Waals surface area contributed by atoms with Gasteiger partial charge in [0.25, 0.3) is 0 Å². The molecule has 0 aliphatic rings. The summed E-state index contributed by atoms with van der Waals surface area (Å²) < 4.78 is 16.8. The van der Waals surface area contributed by atoms with E-state index < -0.39 is 15.4 Å². The number of carbonyl (C=O) groups excluding carboxylic acids is 1. The van der Waals surface area contributed by atoms with Gasteiger partial charge < -0.3 is 15.0 Å². The molecule has 0 saturated carbocycles. The molecule has 0 unspecified atom stereocenters. The maximum Gasteiger partial charge on any atom is 2.00 e. The van der Waals surface area contributed by atoms with Gasteiger partial charge >= 0.3 is 58.2 Å². The predicted molar refractivity (Wildman–Crippen MR) is 18.3 cm³/mol. The Hall–Kier alpha value is 0.658. The van der Waals surface area contributed by atoms with Crippen LogP contribution in [0.25, 0.3) is 0 Å². The summed E-state index contributed by atoms with van der Waals surface area (Å²) in [5.41, 5.74) is 0. The average Bonchev–Trinajstić information content (AvgIpc) is 1.33. The molecule has 0 aromatic carbocycles. The molecule has 5 nitrogen and oxygen atoms in total.